The zero-order chi connectivity index (χ0) is 15.6. The van der Waals surface area contributed by atoms with Crippen LogP contribution in [0.1, 0.15) is 0 Å². The minimum Gasteiger partial charge on any atom is -0.398 e. The molecule has 1 aromatic carbocycles. The highest BCUT2D eigenvalue weighted by atomic mass is 19.2. The zero-order valence-electron chi connectivity index (χ0n) is 10.6. The third-order valence-corrected chi connectivity index (χ3v) is 2.59. The van der Waals surface area contributed by atoms with E-state index in [0.717, 1.165) is 10.6 Å². The summed E-state index contributed by atoms with van der Waals surface area (Å²) in [7, 11) is 0. The number of carbonyl (C=O) groups excluding carboxylic acids is 1. The van der Waals surface area contributed by atoms with Crippen LogP contribution < -0.4 is 16.6 Å². The quantitative estimate of drug-likeness (QED) is 0.843. The van der Waals surface area contributed by atoms with Crippen molar-refractivity contribution in [2.24, 2.45) is 0 Å². The number of carbonyl (C=O) groups is 1. The Bertz CT molecular complexity index is 759. The van der Waals surface area contributed by atoms with Gasteiger partial charge in [0.25, 0.3) is 5.56 Å². The molecule has 0 saturated carbocycles. The summed E-state index contributed by atoms with van der Waals surface area (Å²) < 4.78 is 40.3. The van der Waals surface area contributed by atoms with Gasteiger partial charge in [-0.1, -0.05) is 0 Å². The molecule has 5 nitrogen and oxygen atoms in total. The molecule has 0 saturated heterocycles. The number of nitrogen functional groups attached to an aromatic ring is 1. The Hall–Kier alpha value is -2.77. The Kier molecular flexibility index (Phi) is 3.97. The van der Waals surface area contributed by atoms with Crippen molar-refractivity contribution < 1.29 is 18.0 Å². The lowest BCUT2D eigenvalue weighted by Crippen LogP contribution is -2.27. The molecule has 0 radical (unpaired) electrons. The number of halogens is 3. The molecule has 2 rings (SSSR count). The molecular formula is C13H10F3N3O2. The number of benzene rings is 1. The number of pyridine rings is 1. The van der Waals surface area contributed by atoms with Crippen molar-refractivity contribution >= 4 is 17.3 Å². The van der Waals surface area contributed by atoms with E-state index < -0.39 is 41.2 Å². The second-order valence-electron chi connectivity index (χ2n) is 4.23. The normalized spacial score (nSPS) is 10.4. The topological polar surface area (TPSA) is 77.1 Å². The van der Waals surface area contributed by atoms with Gasteiger partial charge >= 0.3 is 0 Å². The van der Waals surface area contributed by atoms with Gasteiger partial charge in [0.05, 0.1) is 5.69 Å². The molecule has 1 amide bonds. The van der Waals surface area contributed by atoms with E-state index in [9.17, 15) is 22.8 Å². The number of aromatic nitrogens is 1. The van der Waals surface area contributed by atoms with Crippen LogP contribution in [0, 0.1) is 17.5 Å². The summed E-state index contributed by atoms with van der Waals surface area (Å²) in [6.45, 7) is -0.471. The van der Waals surface area contributed by atoms with Crippen molar-refractivity contribution in [3.63, 3.8) is 0 Å². The van der Waals surface area contributed by atoms with Gasteiger partial charge < -0.3 is 15.6 Å². The predicted octanol–water partition coefficient (Wildman–Crippen LogP) is 1.49. The van der Waals surface area contributed by atoms with Gasteiger partial charge in [-0.15, -0.1) is 0 Å². The summed E-state index contributed by atoms with van der Waals surface area (Å²) in [5.41, 5.74) is 4.58. The smallest absolute Gasteiger partial charge is 0.251 e. The van der Waals surface area contributed by atoms with Crippen LogP contribution in [0.3, 0.4) is 0 Å². The number of nitrogens with one attached hydrogen (secondary N) is 1. The van der Waals surface area contributed by atoms with Crippen molar-refractivity contribution in [3.05, 3.63) is 58.3 Å². The maximum atomic E-state index is 13.4. The molecule has 2 aromatic rings. The molecule has 0 aliphatic carbocycles. The van der Waals surface area contributed by atoms with E-state index in [1.807, 2.05) is 5.32 Å². The first-order valence-electron chi connectivity index (χ1n) is 5.77. The first kappa shape index (κ1) is 14.6. The summed E-state index contributed by atoms with van der Waals surface area (Å²) in [5.74, 6) is -4.67. The molecule has 21 heavy (non-hydrogen) atoms. The van der Waals surface area contributed by atoms with Gasteiger partial charge in [-0.05, 0) is 6.07 Å². The van der Waals surface area contributed by atoms with E-state index in [2.05, 4.69) is 0 Å². The second-order valence-corrected chi connectivity index (χ2v) is 4.23. The number of rotatable bonds is 3. The fourth-order valence-corrected chi connectivity index (χ4v) is 1.66. The number of nitrogens with zero attached hydrogens (tertiary/aromatic N) is 1. The van der Waals surface area contributed by atoms with Gasteiger partial charge in [0.1, 0.15) is 12.4 Å². The van der Waals surface area contributed by atoms with Crippen LogP contribution in [0.15, 0.2) is 35.3 Å². The highest BCUT2D eigenvalue weighted by Crippen LogP contribution is 2.19. The fourth-order valence-electron chi connectivity index (χ4n) is 1.66. The molecule has 0 atom stereocenters. The molecule has 1 aromatic heterocycles. The molecule has 3 N–H and O–H groups in total. The molecule has 0 aliphatic heterocycles. The maximum absolute atomic E-state index is 13.4. The van der Waals surface area contributed by atoms with Crippen molar-refractivity contribution in [2.45, 2.75) is 6.54 Å². The number of nitrogens with two attached hydrogens (primary N) is 1. The van der Waals surface area contributed by atoms with Crippen LogP contribution in [0.25, 0.3) is 0 Å². The first-order valence-corrected chi connectivity index (χ1v) is 5.77. The molecule has 0 fully saturated rings. The molecule has 110 valence electrons. The Labute approximate surface area is 116 Å². The van der Waals surface area contributed by atoms with Crippen LogP contribution >= 0.6 is 0 Å². The van der Waals surface area contributed by atoms with E-state index in [4.69, 9.17) is 5.73 Å². The Balaban J connectivity index is 2.19. The lowest BCUT2D eigenvalue weighted by molar-refractivity contribution is -0.116. The molecule has 0 unspecified atom stereocenters. The molecule has 0 aliphatic rings. The average molecular weight is 297 g/mol. The molecule has 0 bridgehead atoms. The number of anilines is 2. The Morgan fingerprint density at radius 2 is 1.95 bits per heavy atom. The number of hydrogen-bond donors (Lipinski definition) is 2. The van der Waals surface area contributed by atoms with Gasteiger partial charge in [-0.2, -0.15) is 0 Å². The summed E-state index contributed by atoms with van der Waals surface area (Å²) in [6, 6.07) is 3.51. The van der Waals surface area contributed by atoms with E-state index >= 15 is 0 Å². The van der Waals surface area contributed by atoms with E-state index in [-0.39, 0.29) is 5.69 Å². The fraction of sp³-hybridized carbons (Fsp3) is 0.0769. The lowest BCUT2D eigenvalue weighted by Gasteiger charge is -2.09. The van der Waals surface area contributed by atoms with Gasteiger partial charge in [0.15, 0.2) is 11.6 Å². The summed E-state index contributed by atoms with van der Waals surface area (Å²) in [5, 5.41) is 1.99. The average Bonchev–Trinajstić information content (AvgIpc) is 2.39. The van der Waals surface area contributed by atoms with Crippen LogP contribution in [-0.4, -0.2) is 10.5 Å². The minimum absolute atomic E-state index is 0.255. The number of amides is 1. The van der Waals surface area contributed by atoms with E-state index in [1.54, 1.807) is 0 Å². The van der Waals surface area contributed by atoms with Crippen LogP contribution in [0.5, 0.6) is 0 Å². The summed E-state index contributed by atoms with van der Waals surface area (Å²) >= 11 is 0. The minimum atomic E-state index is -1.42. The van der Waals surface area contributed by atoms with Gasteiger partial charge in [0, 0.05) is 30.1 Å². The monoisotopic (exact) mass is 297 g/mol. The van der Waals surface area contributed by atoms with Gasteiger partial charge in [-0.3, -0.25) is 9.59 Å². The Morgan fingerprint density at radius 1 is 1.24 bits per heavy atom. The molecule has 1 heterocycles. The number of hydrogen-bond acceptors (Lipinski definition) is 3. The van der Waals surface area contributed by atoms with Crippen molar-refractivity contribution in [1.29, 1.82) is 0 Å². The third-order valence-electron chi connectivity index (χ3n) is 2.59. The van der Waals surface area contributed by atoms with Crippen LogP contribution in [-0.2, 0) is 11.3 Å². The van der Waals surface area contributed by atoms with Crippen LogP contribution in [0.2, 0.25) is 0 Å². The van der Waals surface area contributed by atoms with Gasteiger partial charge in [0.2, 0.25) is 5.91 Å². The maximum Gasteiger partial charge on any atom is 0.251 e. The molecule has 8 heteroatoms. The standard InChI is InChI=1S/C13H10F3N3O2/c14-7-3-9(15)13(16)10(4-7)18-11(20)6-19-5-8(17)1-2-12(19)21/h1-5H,6,17H2,(H,18,20). The SMILES string of the molecule is Nc1ccc(=O)n(CC(=O)Nc2cc(F)cc(F)c2F)c1. The molecular weight excluding hydrogens is 287 g/mol. The van der Waals surface area contributed by atoms with Gasteiger partial charge in [-0.25, -0.2) is 13.2 Å². The summed E-state index contributed by atoms with van der Waals surface area (Å²) in [4.78, 5) is 23.2. The molecule has 0 spiro atoms. The van der Waals surface area contributed by atoms with Crippen LogP contribution in [0.4, 0.5) is 24.5 Å². The van der Waals surface area contributed by atoms with Crippen molar-refractivity contribution in [2.75, 3.05) is 11.1 Å². The van der Waals surface area contributed by atoms with E-state index in [0.29, 0.717) is 12.1 Å². The lowest BCUT2D eigenvalue weighted by atomic mass is 10.2. The van der Waals surface area contributed by atoms with Crippen molar-refractivity contribution in [1.82, 2.24) is 4.57 Å². The highest BCUT2D eigenvalue weighted by Gasteiger charge is 2.14. The zero-order valence-corrected chi connectivity index (χ0v) is 10.6. The predicted molar refractivity (Wildman–Crippen MR) is 70.1 cm³/mol. The summed E-state index contributed by atoms with van der Waals surface area (Å²) in [6.07, 6.45) is 1.23. The third kappa shape index (κ3) is 3.41. The largest absolute Gasteiger partial charge is 0.398 e. The van der Waals surface area contributed by atoms with Crippen molar-refractivity contribution in [3.8, 4) is 0 Å². The highest BCUT2D eigenvalue weighted by molar-refractivity contribution is 5.90. The first-order chi connectivity index (χ1) is 9.86. The van der Waals surface area contributed by atoms with E-state index in [1.165, 1.54) is 12.3 Å². The Morgan fingerprint density at radius 3 is 2.67 bits per heavy atom. The second kappa shape index (κ2) is 5.70.